The first-order valence-electron chi connectivity index (χ1n) is 9.37. The predicted molar refractivity (Wildman–Crippen MR) is 98.0 cm³/mol. The van der Waals surface area contributed by atoms with Crippen LogP contribution in [0.3, 0.4) is 0 Å². The van der Waals surface area contributed by atoms with Gasteiger partial charge in [-0.3, -0.25) is 4.79 Å². The van der Waals surface area contributed by atoms with Crippen LogP contribution in [0.5, 0.6) is 0 Å². The van der Waals surface area contributed by atoms with Crippen molar-refractivity contribution in [1.29, 1.82) is 0 Å². The molecular formula is C19H28N2O3S. The van der Waals surface area contributed by atoms with Crippen LogP contribution in [0.2, 0.25) is 0 Å². The number of amides is 1. The van der Waals surface area contributed by atoms with Crippen molar-refractivity contribution in [2.24, 2.45) is 0 Å². The average Bonchev–Trinajstić information content (AvgIpc) is 3.05. The third-order valence-electron chi connectivity index (χ3n) is 5.48. The predicted octanol–water partition coefficient (Wildman–Crippen LogP) is 3.27. The van der Waals surface area contributed by atoms with Crippen LogP contribution in [0, 0.1) is 0 Å². The van der Waals surface area contributed by atoms with E-state index >= 15 is 0 Å². The van der Waals surface area contributed by atoms with Gasteiger partial charge in [0, 0.05) is 31.7 Å². The third-order valence-corrected chi connectivity index (χ3v) is 7.37. The molecule has 3 rings (SSSR count). The van der Waals surface area contributed by atoms with Crippen LogP contribution in [-0.2, 0) is 10.0 Å². The quantitative estimate of drug-likeness (QED) is 0.771. The van der Waals surface area contributed by atoms with E-state index in [1.807, 2.05) is 11.9 Å². The summed E-state index contributed by atoms with van der Waals surface area (Å²) in [6, 6.07) is 6.79. The molecule has 138 valence electrons. The zero-order chi connectivity index (χ0) is 17.9. The molecule has 1 aromatic rings. The molecule has 1 saturated heterocycles. The number of hydrogen-bond acceptors (Lipinski definition) is 3. The van der Waals surface area contributed by atoms with Crippen molar-refractivity contribution < 1.29 is 13.2 Å². The molecule has 1 aliphatic carbocycles. The fourth-order valence-corrected chi connectivity index (χ4v) is 5.45. The number of rotatable bonds is 4. The topological polar surface area (TPSA) is 57.7 Å². The normalized spacial score (nSPS) is 20.4. The minimum atomic E-state index is -3.49. The van der Waals surface area contributed by atoms with E-state index in [2.05, 4.69) is 0 Å². The molecule has 6 heteroatoms. The van der Waals surface area contributed by atoms with Crippen molar-refractivity contribution in [3.63, 3.8) is 0 Å². The smallest absolute Gasteiger partial charge is 0.253 e. The second-order valence-corrected chi connectivity index (χ2v) is 9.14. The Morgan fingerprint density at radius 1 is 1.04 bits per heavy atom. The van der Waals surface area contributed by atoms with Gasteiger partial charge in [-0.15, -0.1) is 0 Å². The highest BCUT2D eigenvalue weighted by molar-refractivity contribution is 7.89. The summed E-state index contributed by atoms with van der Waals surface area (Å²) in [5.74, 6) is -0.0784. The van der Waals surface area contributed by atoms with Crippen molar-refractivity contribution >= 4 is 15.9 Å². The molecule has 0 atom stereocenters. The van der Waals surface area contributed by atoms with Gasteiger partial charge in [0.2, 0.25) is 10.0 Å². The fraction of sp³-hybridized carbons (Fsp3) is 0.632. The molecule has 1 heterocycles. The minimum Gasteiger partial charge on any atom is -0.339 e. The van der Waals surface area contributed by atoms with Crippen LogP contribution in [-0.4, -0.2) is 49.7 Å². The van der Waals surface area contributed by atoms with Gasteiger partial charge >= 0.3 is 0 Å². The average molecular weight is 365 g/mol. The largest absolute Gasteiger partial charge is 0.339 e. The zero-order valence-corrected chi connectivity index (χ0v) is 15.8. The van der Waals surface area contributed by atoms with Gasteiger partial charge < -0.3 is 4.90 Å². The summed E-state index contributed by atoms with van der Waals surface area (Å²) in [6.07, 6.45) is 8.67. The van der Waals surface area contributed by atoms with Gasteiger partial charge in [0.1, 0.15) is 0 Å². The lowest BCUT2D eigenvalue weighted by Gasteiger charge is -2.27. The van der Waals surface area contributed by atoms with E-state index in [4.69, 9.17) is 0 Å². The second-order valence-electron chi connectivity index (χ2n) is 7.20. The van der Waals surface area contributed by atoms with Crippen molar-refractivity contribution in [2.45, 2.75) is 62.3 Å². The molecule has 2 fully saturated rings. The van der Waals surface area contributed by atoms with Crippen LogP contribution in [0.25, 0.3) is 0 Å². The number of hydrogen-bond donors (Lipinski definition) is 0. The summed E-state index contributed by atoms with van der Waals surface area (Å²) in [5, 5.41) is 0. The Labute approximate surface area is 151 Å². The van der Waals surface area contributed by atoms with Gasteiger partial charge in [0.05, 0.1) is 4.90 Å². The first-order valence-corrected chi connectivity index (χ1v) is 10.8. The molecule has 0 N–H and O–H groups in total. The summed E-state index contributed by atoms with van der Waals surface area (Å²) in [4.78, 5) is 14.9. The lowest BCUT2D eigenvalue weighted by atomic mass is 10.1. The Kier molecular flexibility index (Phi) is 5.79. The standard InChI is InChI=1S/C19H28N2O3S/c1-20(17-10-4-2-3-5-11-17)19(22)16-9-8-12-18(15-16)25(23,24)21-13-6-7-14-21/h8-9,12,15,17H,2-7,10-11,13-14H2,1H3. The molecule has 2 aliphatic rings. The second kappa shape index (κ2) is 7.87. The first-order chi connectivity index (χ1) is 12.0. The van der Waals surface area contributed by atoms with Crippen molar-refractivity contribution in [3.8, 4) is 0 Å². The molecule has 25 heavy (non-hydrogen) atoms. The SMILES string of the molecule is CN(C(=O)c1cccc(S(=O)(=O)N2CCCC2)c1)C1CCCCCC1. The summed E-state index contributed by atoms with van der Waals surface area (Å²) in [7, 11) is -1.64. The minimum absolute atomic E-state index is 0.0784. The molecule has 5 nitrogen and oxygen atoms in total. The summed E-state index contributed by atoms with van der Waals surface area (Å²) in [6.45, 7) is 1.14. The van der Waals surface area contributed by atoms with Gasteiger partial charge in [0.15, 0.2) is 0 Å². The Balaban J connectivity index is 1.79. The Morgan fingerprint density at radius 3 is 2.32 bits per heavy atom. The van der Waals surface area contributed by atoms with Crippen LogP contribution >= 0.6 is 0 Å². The molecule has 1 amide bonds. The van der Waals surface area contributed by atoms with E-state index in [0.29, 0.717) is 18.7 Å². The number of nitrogens with zero attached hydrogens (tertiary/aromatic N) is 2. The molecule has 0 unspecified atom stereocenters. The van der Waals surface area contributed by atoms with E-state index in [-0.39, 0.29) is 16.8 Å². The van der Waals surface area contributed by atoms with Crippen LogP contribution in [0.15, 0.2) is 29.2 Å². The number of carbonyl (C=O) groups excluding carboxylic acids is 1. The molecule has 1 aromatic carbocycles. The molecule has 1 aliphatic heterocycles. The van der Waals surface area contributed by atoms with E-state index < -0.39 is 10.0 Å². The molecule has 0 radical (unpaired) electrons. The highest BCUT2D eigenvalue weighted by Gasteiger charge is 2.28. The molecule has 0 aromatic heterocycles. The van der Waals surface area contributed by atoms with E-state index in [0.717, 1.165) is 38.5 Å². The van der Waals surface area contributed by atoms with Gasteiger partial charge in [-0.25, -0.2) is 8.42 Å². The number of carbonyl (C=O) groups is 1. The number of benzene rings is 1. The number of sulfonamides is 1. The van der Waals surface area contributed by atoms with Gasteiger partial charge in [-0.1, -0.05) is 31.7 Å². The van der Waals surface area contributed by atoms with E-state index in [9.17, 15) is 13.2 Å². The van der Waals surface area contributed by atoms with Gasteiger partial charge in [-0.2, -0.15) is 4.31 Å². The Hall–Kier alpha value is -1.40. The fourth-order valence-electron chi connectivity index (χ4n) is 3.88. The molecular weight excluding hydrogens is 336 g/mol. The Morgan fingerprint density at radius 2 is 1.68 bits per heavy atom. The van der Waals surface area contributed by atoms with Crippen LogP contribution < -0.4 is 0 Å². The summed E-state index contributed by atoms with van der Waals surface area (Å²) in [5.41, 5.74) is 0.465. The Bertz CT molecular complexity index is 703. The molecule has 1 saturated carbocycles. The zero-order valence-electron chi connectivity index (χ0n) is 15.0. The molecule has 0 bridgehead atoms. The van der Waals surface area contributed by atoms with Crippen molar-refractivity contribution in [1.82, 2.24) is 9.21 Å². The maximum absolute atomic E-state index is 12.9. The third kappa shape index (κ3) is 4.06. The van der Waals surface area contributed by atoms with Crippen molar-refractivity contribution in [2.75, 3.05) is 20.1 Å². The maximum atomic E-state index is 12.9. The maximum Gasteiger partial charge on any atom is 0.253 e. The van der Waals surface area contributed by atoms with E-state index in [1.54, 1.807) is 24.3 Å². The van der Waals surface area contributed by atoms with E-state index in [1.165, 1.54) is 17.1 Å². The first kappa shape index (κ1) is 18.4. The van der Waals surface area contributed by atoms with Crippen molar-refractivity contribution in [3.05, 3.63) is 29.8 Å². The van der Waals surface area contributed by atoms with Gasteiger partial charge in [0.25, 0.3) is 5.91 Å². The van der Waals surface area contributed by atoms with Gasteiger partial charge in [-0.05, 0) is 43.9 Å². The lowest BCUT2D eigenvalue weighted by Crippen LogP contribution is -2.37. The highest BCUT2D eigenvalue weighted by Crippen LogP contribution is 2.24. The molecule has 0 spiro atoms. The summed E-state index contributed by atoms with van der Waals surface area (Å²) < 4.78 is 27.0. The van der Waals surface area contributed by atoms with Crippen LogP contribution in [0.1, 0.15) is 61.7 Å². The van der Waals surface area contributed by atoms with Crippen LogP contribution in [0.4, 0.5) is 0 Å². The highest BCUT2D eigenvalue weighted by atomic mass is 32.2. The summed E-state index contributed by atoms with van der Waals surface area (Å²) >= 11 is 0. The lowest BCUT2D eigenvalue weighted by molar-refractivity contribution is 0.0717. The monoisotopic (exact) mass is 364 g/mol.